The summed E-state index contributed by atoms with van der Waals surface area (Å²) in [6, 6.07) is 14.8. The van der Waals surface area contributed by atoms with E-state index in [-0.39, 0.29) is 13.0 Å². The molecule has 1 aromatic heterocycles. The SMILES string of the molecule is N#CCCN(C(=O)COC(=O)c1c2c(nc3ccccc13)CCCC2)c1ccc(F)cc1. The molecule has 0 N–H and O–H groups in total. The van der Waals surface area contributed by atoms with Crippen LogP contribution in [0.2, 0.25) is 0 Å². The molecule has 32 heavy (non-hydrogen) atoms. The third kappa shape index (κ3) is 4.45. The van der Waals surface area contributed by atoms with E-state index in [1.165, 1.54) is 29.2 Å². The summed E-state index contributed by atoms with van der Waals surface area (Å²) in [5.74, 6) is -1.47. The van der Waals surface area contributed by atoms with Crippen LogP contribution in [0.4, 0.5) is 10.1 Å². The van der Waals surface area contributed by atoms with Crippen LogP contribution in [-0.2, 0) is 22.4 Å². The van der Waals surface area contributed by atoms with Gasteiger partial charge in [-0.1, -0.05) is 18.2 Å². The quantitative estimate of drug-likeness (QED) is 0.542. The molecule has 0 radical (unpaired) electrons. The fraction of sp³-hybridized carbons (Fsp3) is 0.280. The molecule has 2 aromatic carbocycles. The molecule has 1 amide bonds. The molecule has 1 aliphatic carbocycles. The van der Waals surface area contributed by atoms with Crippen LogP contribution in [-0.4, -0.2) is 30.0 Å². The van der Waals surface area contributed by atoms with E-state index in [2.05, 4.69) is 0 Å². The van der Waals surface area contributed by atoms with Crippen molar-refractivity contribution in [2.75, 3.05) is 18.1 Å². The standard InChI is InChI=1S/C25H22FN3O3/c26-17-10-12-18(13-11-17)29(15-5-14-27)23(30)16-32-25(31)24-19-6-1-3-8-21(19)28-22-9-4-2-7-20(22)24/h1,3,6,8,10-13H,2,4-5,7,9,15-16H2. The fourth-order valence-corrected chi connectivity index (χ4v) is 4.06. The number of pyridine rings is 1. The number of anilines is 1. The van der Waals surface area contributed by atoms with E-state index in [4.69, 9.17) is 15.0 Å². The highest BCUT2D eigenvalue weighted by Crippen LogP contribution is 2.30. The fourth-order valence-electron chi connectivity index (χ4n) is 4.06. The van der Waals surface area contributed by atoms with Crippen molar-refractivity contribution in [2.24, 2.45) is 0 Å². The van der Waals surface area contributed by atoms with Crippen molar-refractivity contribution < 1.29 is 18.7 Å². The average molecular weight is 431 g/mol. The molecule has 1 heterocycles. The van der Waals surface area contributed by atoms with Crippen molar-refractivity contribution in [2.45, 2.75) is 32.1 Å². The molecule has 0 bridgehead atoms. The minimum absolute atomic E-state index is 0.0968. The van der Waals surface area contributed by atoms with Crippen LogP contribution < -0.4 is 4.90 Å². The second-order valence-electron chi connectivity index (χ2n) is 7.64. The topological polar surface area (TPSA) is 83.3 Å². The van der Waals surface area contributed by atoms with Crippen molar-refractivity contribution >= 4 is 28.5 Å². The first-order valence-corrected chi connectivity index (χ1v) is 10.6. The molecule has 0 saturated carbocycles. The highest BCUT2D eigenvalue weighted by atomic mass is 19.1. The van der Waals surface area contributed by atoms with E-state index >= 15 is 0 Å². The van der Waals surface area contributed by atoms with Crippen LogP contribution in [0.1, 0.15) is 40.9 Å². The van der Waals surface area contributed by atoms with Crippen LogP contribution in [0.3, 0.4) is 0 Å². The Morgan fingerprint density at radius 1 is 1.09 bits per heavy atom. The van der Waals surface area contributed by atoms with E-state index in [0.29, 0.717) is 16.6 Å². The maximum absolute atomic E-state index is 13.3. The number of rotatable bonds is 6. The summed E-state index contributed by atoms with van der Waals surface area (Å²) in [6.45, 7) is -0.362. The van der Waals surface area contributed by atoms with Crippen LogP contribution in [0.15, 0.2) is 48.5 Å². The monoisotopic (exact) mass is 431 g/mol. The maximum Gasteiger partial charge on any atom is 0.339 e. The van der Waals surface area contributed by atoms with Gasteiger partial charge < -0.3 is 9.64 Å². The number of para-hydroxylation sites is 1. The van der Waals surface area contributed by atoms with E-state index in [1.54, 1.807) is 0 Å². The first-order chi connectivity index (χ1) is 15.6. The highest BCUT2D eigenvalue weighted by molar-refractivity contribution is 6.06. The Hall–Kier alpha value is -3.79. The number of carbonyl (C=O) groups excluding carboxylic acids is 2. The molecule has 0 atom stereocenters. The van der Waals surface area contributed by atoms with Crippen molar-refractivity contribution in [3.8, 4) is 6.07 Å². The largest absolute Gasteiger partial charge is 0.452 e. The number of hydrogen-bond donors (Lipinski definition) is 0. The summed E-state index contributed by atoms with van der Waals surface area (Å²) < 4.78 is 18.7. The molecule has 0 aliphatic heterocycles. The zero-order chi connectivity index (χ0) is 22.5. The van der Waals surface area contributed by atoms with Gasteiger partial charge in [0, 0.05) is 23.3 Å². The number of aromatic nitrogens is 1. The molecule has 0 fully saturated rings. The molecule has 3 aromatic rings. The lowest BCUT2D eigenvalue weighted by atomic mass is 9.90. The van der Waals surface area contributed by atoms with Gasteiger partial charge in [0.25, 0.3) is 5.91 Å². The Kier molecular flexibility index (Phi) is 6.41. The Bertz CT molecular complexity index is 1200. The van der Waals surface area contributed by atoms with Crippen molar-refractivity contribution in [1.82, 2.24) is 4.98 Å². The van der Waals surface area contributed by atoms with Crippen LogP contribution >= 0.6 is 0 Å². The average Bonchev–Trinajstić information content (AvgIpc) is 2.82. The number of esters is 1. The van der Waals surface area contributed by atoms with Gasteiger partial charge in [0.2, 0.25) is 0 Å². The normalized spacial score (nSPS) is 12.6. The highest BCUT2D eigenvalue weighted by Gasteiger charge is 2.25. The Labute approximate surface area is 185 Å². The van der Waals surface area contributed by atoms with Gasteiger partial charge in [0.15, 0.2) is 6.61 Å². The number of aryl methyl sites for hydroxylation is 1. The van der Waals surface area contributed by atoms with Gasteiger partial charge in [-0.05, 0) is 61.6 Å². The number of fused-ring (bicyclic) bond motifs is 2. The van der Waals surface area contributed by atoms with Crippen molar-refractivity contribution in [3.63, 3.8) is 0 Å². The second kappa shape index (κ2) is 9.56. The number of halogens is 1. The maximum atomic E-state index is 13.3. The summed E-state index contributed by atoms with van der Waals surface area (Å²) in [5.41, 5.74) is 3.45. The second-order valence-corrected chi connectivity index (χ2v) is 7.64. The smallest absolute Gasteiger partial charge is 0.339 e. The molecule has 0 saturated heterocycles. The van der Waals surface area contributed by atoms with Gasteiger partial charge in [-0.25, -0.2) is 9.18 Å². The summed E-state index contributed by atoms with van der Waals surface area (Å²) in [4.78, 5) is 32.0. The third-order valence-corrected chi connectivity index (χ3v) is 5.59. The lowest BCUT2D eigenvalue weighted by Gasteiger charge is -2.22. The van der Waals surface area contributed by atoms with Crippen LogP contribution in [0.5, 0.6) is 0 Å². The molecule has 6 nitrogen and oxygen atoms in total. The molecular weight excluding hydrogens is 409 g/mol. The first-order valence-electron chi connectivity index (χ1n) is 10.6. The van der Waals surface area contributed by atoms with Crippen LogP contribution in [0.25, 0.3) is 10.9 Å². The summed E-state index contributed by atoms with van der Waals surface area (Å²) in [5, 5.41) is 9.64. The first kappa shape index (κ1) is 21.4. The zero-order valence-electron chi connectivity index (χ0n) is 17.5. The van der Waals surface area contributed by atoms with Crippen molar-refractivity contribution in [1.29, 1.82) is 5.26 Å². The van der Waals surface area contributed by atoms with Gasteiger partial charge in [0.05, 0.1) is 23.6 Å². The number of hydrogen-bond acceptors (Lipinski definition) is 5. The molecule has 0 spiro atoms. The Morgan fingerprint density at radius 2 is 1.84 bits per heavy atom. The molecule has 162 valence electrons. The number of carbonyl (C=O) groups is 2. The minimum atomic E-state index is -0.561. The van der Waals surface area contributed by atoms with E-state index in [0.717, 1.165) is 42.5 Å². The van der Waals surface area contributed by atoms with E-state index in [9.17, 15) is 14.0 Å². The number of nitrogens with zero attached hydrogens (tertiary/aromatic N) is 3. The van der Waals surface area contributed by atoms with Crippen LogP contribution in [0, 0.1) is 17.1 Å². The molecule has 4 rings (SSSR count). The van der Waals surface area contributed by atoms with Gasteiger partial charge >= 0.3 is 5.97 Å². The van der Waals surface area contributed by atoms with E-state index < -0.39 is 24.3 Å². The van der Waals surface area contributed by atoms with E-state index in [1.807, 2.05) is 30.3 Å². The molecule has 0 unspecified atom stereocenters. The van der Waals surface area contributed by atoms with Gasteiger partial charge in [0.1, 0.15) is 5.82 Å². The lowest BCUT2D eigenvalue weighted by Crippen LogP contribution is -2.35. The number of benzene rings is 2. The summed E-state index contributed by atoms with van der Waals surface area (Å²) in [7, 11) is 0. The third-order valence-electron chi connectivity index (χ3n) is 5.59. The number of nitriles is 1. The molecular formula is C25H22FN3O3. The predicted molar refractivity (Wildman–Crippen MR) is 118 cm³/mol. The Morgan fingerprint density at radius 3 is 2.62 bits per heavy atom. The van der Waals surface area contributed by atoms with Gasteiger partial charge in [-0.15, -0.1) is 0 Å². The summed E-state index contributed by atoms with van der Waals surface area (Å²) in [6.07, 6.45) is 3.65. The molecule has 1 aliphatic rings. The zero-order valence-corrected chi connectivity index (χ0v) is 17.5. The minimum Gasteiger partial charge on any atom is -0.452 e. The Balaban J connectivity index is 1.57. The molecule has 7 heteroatoms. The van der Waals surface area contributed by atoms with Gasteiger partial charge in [-0.3, -0.25) is 9.78 Å². The predicted octanol–water partition coefficient (Wildman–Crippen LogP) is 4.36. The lowest BCUT2D eigenvalue weighted by molar-refractivity contribution is -0.121. The number of ether oxygens (including phenoxy) is 1. The number of amides is 1. The summed E-state index contributed by atoms with van der Waals surface area (Å²) >= 11 is 0. The van der Waals surface area contributed by atoms with Crippen molar-refractivity contribution in [3.05, 3.63) is 71.2 Å². The van der Waals surface area contributed by atoms with Gasteiger partial charge in [-0.2, -0.15) is 5.26 Å².